The van der Waals surface area contributed by atoms with E-state index in [-0.39, 0.29) is 11.9 Å². The van der Waals surface area contributed by atoms with Gasteiger partial charge < -0.3 is 9.42 Å². The Kier molecular flexibility index (Phi) is 4.99. The van der Waals surface area contributed by atoms with Crippen LogP contribution in [0.15, 0.2) is 47.0 Å². The van der Waals surface area contributed by atoms with Crippen LogP contribution >= 0.6 is 0 Å². The first-order valence-corrected chi connectivity index (χ1v) is 9.83. The fraction of sp³-hybridized carbons (Fsp3) is 0.348. The second kappa shape index (κ2) is 7.58. The molecule has 4 rings (SSSR count). The highest BCUT2D eigenvalue weighted by Gasteiger charge is 2.36. The maximum absolute atomic E-state index is 12.5. The lowest BCUT2D eigenvalue weighted by Gasteiger charge is -2.23. The molecule has 1 aliphatic rings. The van der Waals surface area contributed by atoms with Crippen LogP contribution in [0.4, 0.5) is 0 Å². The van der Waals surface area contributed by atoms with Crippen LogP contribution in [0.1, 0.15) is 54.0 Å². The van der Waals surface area contributed by atoms with Crippen molar-refractivity contribution in [3.8, 4) is 11.4 Å². The number of likely N-dealkylation sites (tertiary alicyclic amines) is 1. The Labute approximate surface area is 165 Å². The minimum absolute atomic E-state index is 0.137. The summed E-state index contributed by atoms with van der Waals surface area (Å²) in [6, 6.07) is 14.4. The third kappa shape index (κ3) is 3.57. The van der Waals surface area contributed by atoms with E-state index in [4.69, 9.17) is 4.52 Å². The third-order valence-corrected chi connectivity index (χ3v) is 5.52. The normalized spacial score (nSPS) is 16.8. The molecule has 0 N–H and O–H groups in total. The molecular weight excluding hydrogens is 350 g/mol. The number of nitrogens with zero attached hydrogens (tertiary/aromatic N) is 3. The Hall–Kier alpha value is -2.95. The summed E-state index contributed by atoms with van der Waals surface area (Å²) in [4.78, 5) is 19.0. The standard InChI is InChI=1S/C23H25N3O2/c1-4-17-7-9-18(10-8-17)22-24-23(28-25-22)20-11-12-21(27)26(20)14-19-13-15(2)5-6-16(19)3/h5-10,13,20H,4,11-12,14H2,1-3H3. The van der Waals surface area contributed by atoms with Crippen LogP contribution in [0, 0.1) is 13.8 Å². The molecule has 0 bridgehead atoms. The van der Waals surface area contributed by atoms with Gasteiger partial charge in [0.15, 0.2) is 0 Å². The fourth-order valence-electron chi connectivity index (χ4n) is 3.72. The van der Waals surface area contributed by atoms with E-state index in [1.165, 1.54) is 16.7 Å². The summed E-state index contributed by atoms with van der Waals surface area (Å²) in [6.07, 6.45) is 2.22. The number of hydrogen-bond acceptors (Lipinski definition) is 4. The van der Waals surface area contributed by atoms with Crippen molar-refractivity contribution >= 4 is 5.91 Å². The van der Waals surface area contributed by atoms with Crippen molar-refractivity contribution in [2.24, 2.45) is 0 Å². The first-order valence-electron chi connectivity index (χ1n) is 9.83. The molecule has 0 aliphatic carbocycles. The van der Waals surface area contributed by atoms with Gasteiger partial charge in [-0.2, -0.15) is 4.98 Å². The lowest BCUT2D eigenvalue weighted by molar-refractivity contribution is -0.130. The molecule has 144 valence electrons. The summed E-state index contributed by atoms with van der Waals surface area (Å²) in [5.74, 6) is 1.23. The predicted octanol–water partition coefficient (Wildman–Crippen LogP) is 4.78. The Morgan fingerprint density at radius 1 is 1.14 bits per heavy atom. The Balaban J connectivity index is 1.58. The van der Waals surface area contributed by atoms with Gasteiger partial charge in [-0.05, 0) is 43.4 Å². The number of aryl methyl sites for hydroxylation is 3. The number of carbonyl (C=O) groups is 1. The molecule has 1 atom stereocenters. The maximum atomic E-state index is 12.5. The first kappa shape index (κ1) is 18.4. The van der Waals surface area contributed by atoms with Gasteiger partial charge in [-0.3, -0.25) is 4.79 Å². The monoisotopic (exact) mass is 375 g/mol. The summed E-state index contributed by atoms with van der Waals surface area (Å²) < 4.78 is 5.57. The molecule has 0 spiro atoms. The molecule has 5 nitrogen and oxygen atoms in total. The first-order chi connectivity index (χ1) is 13.5. The largest absolute Gasteiger partial charge is 0.337 e. The molecule has 1 aliphatic heterocycles. The SMILES string of the molecule is CCc1ccc(-c2noc(C3CCC(=O)N3Cc3cc(C)ccc3C)n2)cc1. The van der Waals surface area contributed by atoms with Gasteiger partial charge in [-0.15, -0.1) is 0 Å². The van der Waals surface area contributed by atoms with E-state index >= 15 is 0 Å². The molecule has 2 heterocycles. The van der Waals surface area contributed by atoms with E-state index in [1.54, 1.807) is 0 Å². The second-order valence-corrected chi connectivity index (χ2v) is 7.51. The van der Waals surface area contributed by atoms with Crippen molar-refractivity contribution in [1.82, 2.24) is 15.0 Å². The molecule has 0 radical (unpaired) electrons. The molecule has 1 fully saturated rings. The summed E-state index contributed by atoms with van der Waals surface area (Å²) in [5.41, 5.74) is 5.74. The van der Waals surface area contributed by atoms with E-state index in [0.29, 0.717) is 31.1 Å². The molecule has 3 aromatic rings. The highest BCUT2D eigenvalue weighted by atomic mass is 16.5. The smallest absolute Gasteiger partial charge is 0.249 e. The number of carbonyl (C=O) groups excluding carboxylic acids is 1. The Morgan fingerprint density at radius 3 is 2.68 bits per heavy atom. The van der Waals surface area contributed by atoms with Gasteiger partial charge in [0.05, 0.1) is 0 Å². The molecule has 28 heavy (non-hydrogen) atoms. The molecule has 2 aromatic carbocycles. The number of aromatic nitrogens is 2. The topological polar surface area (TPSA) is 59.2 Å². The van der Waals surface area contributed by atoms with Crippen molar-refractivity contribution in [3.05, 3.63) is 70.6 Å². The molecule has 1 amide bonds. The van der Waals surface area contributed by atoms with Crippen LogP contribution in [0.2, 0.25) is 0 Å². The molecule has 1 unspecified atom stereocenters. The van der Waals surface area contributed by atoms with E-state index in [9.17, 15) is 4.79 Å². The van der Waals surface area contributed by atoms with Gasteiger partial charge >= 0.3 is 0 Å². The Morgan fingerprint density at radius 2 is 1.93 bits per heavy atom. The van der Waals surface area contributed by atoms with Gasteiger partial charge in [0.2, 0.25) is 17.6 Å². The lowest BCUT2D eigenvalue weighted by atomic mass is 10.0. The fourth-order valence-corrected chi connectivity index (χ4v) is 3.72. The van der Waals surface area contributed by atoms with Crippen LogP contribution in [0.25, 0.3) is 11.4 Å². The van der Waals surface area contributed by atoms with Gasteiger partial charge in [0, 0.05) is 18.5 Å². The number of hydrogen-bond donors (Lipinski definition) is 0. The number of amides is 1. The van der Waals surface area contributed by atoms with Gasteiger partial charge in [0.25, 0.3) is 0 Å². The minimum atomic E-state index is -0.163. The summed E-state index contributed by atoms with van der Waals surface area (Å²) in [6.45, 7) is 6.85. The van der Waals surface area contributed by atoms with E-state index in [2.05, 4.69) is 61.2 Å². The average molecular weight is 375 g/mol. The van der Waals surface area contributed by atoms with Crippen LogP contribution in [0.3, 0.4) is 0 Å². The molecule has 1 saturated heterocycles. The van der Waals surface area contributed by atoms with Crippen LogP contribution < -0.4 is 0 Å². The quantitative estimate of drug-likeness (QED) is 0.644. The zero-order valence-corrected chi connectivity index (χ0v) is 16.6. The van der Waals surface area contributed by atoms with Crippen molar-refractivity contribution in [1.29, 1.82) is 0 Å². The van der Waals surface area contributed by atoms with Crippen LogP contribution in [-0.4, -0.2) is 20.9 Å². The minimum Gasteiger partial charge on any atom is -0.337 e. The van der Waals surface area contributed by atoms with Gasteiger partial charge in [0.1, 0.15) is 6.04 Å². The van der Waals surface area contributed by atoms with E-state index in [1.807, 2.05) is 17.0 Å². The highest BCUT2D eigenvalue weighted by molar-refractivity contribution is 5.79. The third-order valence-electron chi connectivity index (χ3n) is 5.52. The zero-order chi connectivity index (χ0) is 19.7. The molecule has 1 aromatic heterocycles. The molecular formula is C23H25N3O2. The summed E-state index contributed by atoms with van der Waals surface area (Å²) >= 11 is 0. The van der Waals surface area contributed by atoms with Crippen molar-refractivity contribution in [2.45, 2.75) is 52.6 Å². The van der Waals surface area contributed by atoms with E-state index < -0.39 is 0 Å². The second-order valence-electron chi connectivity index (χ2n) is 7.51. The van der Waals surface area contributed by atoms with Gasteiger partial charge in [-0.25, -0.2) is 0 Å². The highest BCUT2D eigenvalue weighted by Crippen LogP contribution is 2.34. The maximum Gasteiger partial charge on any atom is 0.249 e. The Bertz CT molecular complexity index is 991. The van der Waals surface area contributed by atoms with Gasteiger partial charge in [-0.1, -0.05) is 60.1 Å². The predicted molar refractivity (Wildman–Crippen MR) is 108 cm³/mol. The zero-order valence-electron chi connectivity index (χ0n) is 16.6. The van der Waals surface area contributed by atoms with Crippen molar-refractivity contribution < 1.29 is 9.32 Å². The molecule has 0 saturated carbocycles. The number of rotatable bonds is 5. The summed E-state index contributed by atoms with van der Waals surface area (Å²) in [5, 5.41) is 4.16. The van der Waals surface area contributed by atoms with Crippen LogP contribution in [-0.2, 0) is 17.8 Å². The van der Waals surface area contributed by atoms with Crippen molar-refractivity contribution in [2.75, 3.05) is 0 Å². The lowest BCUT2D eigenvalue weighted by Crippen LogP contribution is -2.27. The average Bonchev–Trinajstić information content (AvgIpc) is 3.32. The van der Waals surface area contributed by atoms with E-state index in [0.717, 1.165) is 17.5 Å². The molecule has 5 heteroatoms. The van der Waals surface area contributed by atoms with Crippen molar-refractivity contribution in [3.63, 3.8) is 0 Å². The summed E-state index contributed by atoms with van der Waals surface area (Å²) in [7, 11) is 0. The number of benzene rings is 2. The van der Waals surface area contributed by atoms with Crippen LogP contribution in [0.5, 0.6) is 0 Å².